The molecule has 2 heterocycles. The molecule has 0 N–H and O–H groups in total. The normalized spacial score (nSPS) is 19.3. The zero-order valence-corrected chi connectivity index (χ0v) is 17.1. The van der Waals surface area contributed by atoms with Crippen molar-refractivity contribution in [2.75, 3.05) is 32.7 Å². The predicted molar refractivity (Wildman–Crippen MR) is 99.4 cm³/mol. The topological polar surface area (TPSA) is 49.9 Å². The monoisotopic (exact) mass is 387 g/mol. The molecule has 2 aliphatic heterocycles. The van der Waals surface area contributed by atoms with Crippen LogP contribution in [-0.2, 0) is 14.3 Å². The molecule has 2 saturated heterocycles. The predicted octanol–water partition coefficient (Wildman–Crippen LogP) is 0.371. The SMILES string of the molecule is CCCCCCCC(=O)OC(CN1CCCCC1)CN1CCCC1=O.[Cl-]. The minimum atomic E-state index is -0.178. The van der Waals surface area contributed by atoms with Crippen molar-refractivity contribution in [1.29, 1.82) is 0 Å². The first-order valence-corrected chi connectivity index (χ1v) is 10.4. The summed E-state index contributed by atoms with van der Waals surface area (Å²) in [7, 11) is 0. The molecule has 26 heavy (non-hydrogen) atoms. The number of esters is 1. The number of ether oxygens (including phenoxy) is 1. The van der Waals surface area contributed by atoms with Crippen molar-refractivity contribution in [2.24, 2.45) is 0 Å². The van der Waals surface area contributed by atoms with E-state index in [0.29, 0.717) is 19.4 Å². The number of halogens is 1. The number of amides is 1. The third-order valence-electron chi connectivity index (χ3n) is 5.29. The summed E-state index contributed by atoms with van der Waals surface area (Å²) >= 11 is 0. The quantitative estimate of drug-likeness (QED) is 0.379. The Balaban J connectivity index is 0.00000338. The van der Waals surface area contributed by atoms with E-state index in [1.54, 1.807) is 0 Å². The molecular formula is C20H36ClN2O3-. The maximum atomic E-state index is 12.2. The molecule has 0 radical (unpaired) electrons. The second-order valence-corrected chi connectivity index (χ2v) is 7.58. The van der Waals surface area contributed by atoms with E-state index in [0.717, 1.165) is 45.4 Å². The van der Waals surface area contributed by atoms with E-state index in [1.807, 2.05) is 4.90 Å². The minimum absolute atomic E-state index is 0. The van der Waals surface area contributed by atoms with Gasteiger partial charge in [0.15, 0.2) is 0 Å². The summed E-state index contributed by atoms with van der Waals surface area (Å²) in [5, 5.41) is 0. The lowest BCUT2D eigenvalue weighted by Crippen LogP contribution is -3.00. The molecule has 0 saturated carbocycles. The molecule has 6 heteroatoms. The lowest BCUT2D eigenvalue weighted by molar-refractivity contribution is -0.152. The molecule has 0 aromatic heterocycles. The number of unbranched alkanes of at least 4 members (excludes halogenated alkanes) is 4. The largest absolute Gasteiger partial charge is 1.00 e. The van der Waals surface area contributed by atoms with Gasteiger partial charge in [-0.25, -0.2) is 0 Å². The van der Waals surface area contributed by atoms with Crippen LogP contribution in [0.1, 0.15) is 77.6 Å². The van der Waals surface area contributed by atoms with Gasteiger partial charge >= 0.3 is 5.97 Å². The Morgan fingerprint density at radius 2 is 1.73 bits per heavy atom. The molecule has 2 aliphatic rings. The summed E-state index contributed by atoms with van der Waals surface area (Å²) in [6, 6.07) is 0. The summed E-state index contributed by atoms with van der Waals surface area (Å²) in [5.74, 6) is 0.115. The number of hydrogen-bond acceptors (Lipinski definition) is 4. The van der Waals surface area contributed by atoms with Gasteiger partial charge < -0.3 is 22.0 Å². The van der Waals surface area contributed by atoms with Crippen LogP contribution in [0.15, 0.2) is 0 Å². The van der Waals surface area contributed by atoms with Gasteiger partial charge in [0, 0.05) is 25.9 Å². The van der Waals surface area contributed by atoms with Crippen molar-refractivity contribution in [3.63, 3.8) is 0 Å². The van der Waals surface area contributed by atoms with Crippen LogP contribution in [-0.4, -0.2) is 60.5 Å². The zero-order valence-electron chi connectivity index (χ0n) is 16.4. The van der Waals surface area contributed by atoms with E-state index in [-0.39, 0.29) is 30.4 Å². The van der Waals surface area contributed by atoms with Crippen molar-refractivity contribution in [3.05, 3.63) is 0 Å². The van der Waals surface area contributed by atoms with Crippen molar-refractivity contribution in [1.82, 2.24) is 9.80 Å². The van der Waals surface area contributed by atoms with Crippen molar-refractivity contribution in [2.45, 2.75) is 83.7 Å². The summed E-state index contributed by atoms with van der Waals surface area (Å²) in [4.78, 5) is 28.4. The van der Waals surface area contributed by atoms with E-state index < -0.39 is 0 Å². The molecule has 0 aromatic carbocycles. The molecule has 0 aliphatic carbocycles. The van der Waals surface area contributed by atoms with Crippen LogP contribution < -0.4 is 12.4 Å². The molecule has 0 spiro atoms. The van der Waals surface area contributed by atoms with E-state index in [9.17, 15) is 9.59 Å². The summed E-state index contributed by atoms with van der Waals surface area (Å²) < 4.78 is 5.80. The Morgan fingerprint density at radius 3 is 2.38 bits per heavy atom. The third-order valence-corrected chi connectivity index (χ3v) is 5.29. The number of carbonyl (C=O) groups is 2. The zero-order chi connectivity index (χ0) is 17.9. The first kappa shape index (κ1) is 23.2. The number of piperidine rings is 1. The highest BCUT2D eigenvalue weighted by molar-refractivity contribution is 5.78. The average Bonchev–Trinajstić information content (AvgIpc) is 3.00. The molecule has 0 aromatic rings. The number of nitrogens with zero attached hydrogens (tertiary/aromatic N) is 2. The highest BCUT2D eigenvalue weighted by Crippen LogP contribution is 2.15. The second kappa shape index (κ2) is 13.4. The first-order valence-electron chi connectivity index (χ1n) is 10.4. The third kappa shape index (κ3) is 8.72. The lowest BCUT2D eigenvalue weighted by Gasteiger charge is -2.32. The van der Waals surface area contributed by atoms with Crippen molar-refractivity contribution in [3.8, 4) is 0 Å². The lowest BCUT2D eigenvalue weighted by atomic mass is 10.1. The van der Waals surface area contributed by atoms with Crippen LogP contribution in [0.3, 0.4) is 0 Å². The first-order chi connectivity index (χ1) is 12.2. The van der Waals surface area contributed by atoms with Gasteiger partial charge in [-0.1, -0.05) is 39.0 Å². The highest BCUT2D eigenvalue weighted by atomic mass is 35.5. The van der Waals surface area contributed by atoms with Crippen LogP contribution in [0.4, 0.5) is 0 Å². The Morgan fingerprint density at radius 1 is 1.00 bits per heavy atom. The Labute approximate surface area is 165 Å². The molecule has 5 nitrogen and oxygen atoms in total. The van der Waals surface area contributed by atoms with Gasteiger partial charge in [0.1, 0.15) is 6.10 Å². The number of hydrogen-bond donors (Lipinski definition) is 0. The fourth-order valence-electron chi connectivity index (χ4n) is 3.82. The van der Waals surface area contributed by atoms with Gasteiger partial charge in [-0.05, 0) is 38.8 Å². The summed E-state index contributed by atoms with van der Waals surface area (Å²) in [6.45, 7) is 6.50. The fourth-order valence-corrected chi connectivity index (χ4v) is 3.82. The molecule has 1 amide bonds. The molecule has 152 valence electrons. The fraction of sp³-hybridized carbons (Fsp3) is 0.900. The summed E-state index contributed by atoms with van der Waals surface area (Å²) in [5.41, 5.74) is 0. The molecular weight excluding hydrogens is 352 g/mol. The van der Waals surface area contributed by atoms with Crippen molar-refractivity contribution < 1.29 is 26.7 Å². The highest BCUT2D eigenvalue weighted by Gasteiger charge is 2.27. The van der Waals surface area contributed by atoms with Gasteiger partial charge in [0.25, 0.3) is 0 Å². The maximum absolute atomic E-state index is 12.2. The average molecular weight is 388 g/mol. The van der Waals surface area contributed by atoms with E-state index in [1.165, 1.54) is 38.5 Å². The maximum Gasteiger partial charge on any atom is 0.306 e. The molecule has 1 atom stereocenters. The Hall–Kier alpha value is -0.810. The van der Waals surface area contributed by atoms with Crippen LogP contribution in [0.5, 0.6) is 0 Å². The van der Waals surface area contributed by atoms with Gasteiger partial charge in [0.05, 0.1) is 6.54 Å². The number of likely N-dealkylation sites (tertiary alicyclic amines) is 2. The van der Waals surface area contributed by atoms with Crippen LogP contribution in [0.25, 0.3) is 0 Å². The van der Waals surface area contributed by atoms with Gasteiger partial charge in [0.2, 0.25) is 5.91 Å². The van der Waals surface area contributed by atoms with Gasteiger partial charge in [-0.3, -0.25) is 14.5 Å². The smallest absolute Gasteiger partial charge is 0.306 e. The van der Waals surface area contributed by atoms with Gasteiger partial charge in [-0.2, -0.15) is 0 Å². The van der Waals surface area contributed by atoms with Gasteiger partial charge in [-0.15, -0.1) is 0 Å². The molecule has 2 rings (SSSR count). The minimum Gasteiger partial charge on any atom is -1.00 e. The Kier molecular flexibility index (Phi) is 11.9. The molecule has 2 fully saturated rings. The number of rotatable bonds is 11. The Bertz CT molecular complexity index is 414. The standard InChI is InChI=1S/C20H36N2O3.ClH/c1-2-3-4-5-7-12-20(24)25-18(16-21-13-8-6-9-14-21)17-22-15-10-11-19(22)23;/h18H,2-17H2,1H3;1H/p-1. The number of carbonyl (C=O) groups excluding carboxylic acids is 2. The molecule has 0 bridgehead atoms. The second-order valence-electron chi connectivity index (χ2n) is 7.58. The van der Waals surface area contributed by atoms with Crippen molar-refractivity contribution >= 4 is 11.9 Å². The van der Waals surface area contributed by atoms with E-state index in [2.05, 4.69) is 11.8 Å². The van der Waals surface area contributed by atoms with Crippen LogP contribution in [0, 0.1) is 0 Å². The van der Waals surface area contributed by atoms with E-state index >= 15 is 0 Å². The van der Waals surface area contributed by atoms with Crippen LogP contribution >= 0.6 is 0 Å². The van der Waals surface area contributed by atoms with Crippen LogP contribution in [0.2, 0.25) is 0 Å². The van der Waals surface area contributed by atoms with E-state index in [4.69, 9.17) is 4.74 Å². The molecule has 1 unspecified atom stereocenters. The summed E-state index contributed by atoms with van der Waals surface area (Å²) in [6.07, 6.45) is 11.3.